The van der Waals surface area contributed by atoms with Crippen LogP contribution in [0.3, 0.4) is 0 Å². The molecule has 1 aliphatic rings. The summed E-state index contributed by atoms with van der Waals surface area (Å²) < 4.78 is 0. The molecule has 4 aromatic carbocycles. The number of nitrogens with zero attached hydrogens (tertiary/aromatic N) is 8. The van der Waals surface area contributed by atoms with Gasteiger partial charge in [-0.25, -0.2) is 0 Å². The molecule has 9 rings (SSSR count). The predicted octanol–water partition coefficient (Wildman–Crippen LogP) is 4.24. The van der Waals surface area contributed by atoms with E-state index in [4.69, 9.17) is 39.9 Å². The van der Waals surface area contributed by atoms with E-state index in [9.17, 15) is 0 Å². The van der Waals surface area contributed by atoms with Crippen molar-refractivity contribution in [1.29, 1.82) is 0 Å². The third-order valence-corrected chi connectivity index (χ3v) is 7.33. The summed E-state index contributed by atoms with van der Waals surface area (Å²) in [5.41, 5.74) is 2.21. The summed E-state index contributed by atoms with van der Waals surface area (Å²) in [6.45, 7) is 0. The van der Waals surface area contributed by atoms with Gasteiger partial charge in [0.1, 0.15) is 0 Å². The minimum atomic E-state index is 0. The van der Waals surface area contributed by atoms with Gasteiger partial charge in [0.25, 0.3) is 0 Å². The Morgan fingerprint density at radius 2 is 0.512 bits per heavy atom. The summed E-state index contributed by atoms with van der Waals surface area (Å²) in [5.74, 6) is 2.21. The molecule has 8 bridgehead atoms. The summed E-state index contributed by atoms with van der Waals surface area (Å²) in [6, 6.07) is 31.8. The van der Waals surface area contributed by atoms with Crippen molar-refractivity contribution >= 4 is 66.4 Å². The van der Waals surface area contributed by atoms with Gasteiger partial charge in [0, 0.05) is 62.3 Å². The molecule has 0 unspecified atom stereocenters. The third kappa shape index (κ3) is 3.53. The van der Waals surface area contributed by atoms with Gasteiger partial charge in [0.05, 0.1) is 0 Å². The molecule has 0 aliphatic carbocycles. The second-order valence-corrected chi connectivity index (χ2v) is 9.67. The van der Waals surface area contributed by atoms with Gasteiger partial charge in [-0.2, -0.15) is 0 Å². The molecule has 41 heavy (non-hydrogen) atoms. The normalized spacial score (nSPS) is 15.8. The minimum Gasteiger partial charge on any atom is -0.357 e. The molecule has 9 heteroatoms. The maximum absolute atomic E-state index is 4.95. The zero-order valence-electron chi connectivity index (χ0n) is 21.1. The molecule has 0 saturated carbocycles. The maximum atomic E-state index is 4.95. The first-order valence-electron chi connectivity index (χ1n) is 12.9. The van der Waals surface area contributed by atoms with Gasteiger partial charge in [0.2, 0.25) is 0 Å². The van der Waals surface area contributed by atoms with Crippen LogP contribution in [-0.4, -0.2) is 0 Å². The van der Waals surface area contributed by atoms with Crippen LogP contribution in [0.4, 0.5) is 23.3 Å². The molecule has 0 amide bonds. The van der Waals surface area contributed by atoms with E-state index in [1.807, 2.05) is 97.1 Å². The van der Waals surface area contributed by atoms with Gasteiger partial charge in [-0.15, -0.1) is 0 Å². The van der Waals surface area contributed by atoms with Crippen molar-refractivity contribution in [3.63, 3.8) is 0 Å². The van der Waals surface area contributed by atoms with Crippen LogP contribution >= 0.6 is 0 Å². The predicted molar refractivity (Wildman–Crippen MR) is 152 cm³/mol. The summed E-state index contributed by atoms with van der Waals surface area (Å²) in [5, 5.41) is 7.15. The molecule has 1 radical (unpaired) electrons. The van der Waals surface area contributed by atoms with Gasteiger partial charge in [-0.3, -0.25) is 0 Å². The van der Waals surface area contributed by atoms with Gasteiger partial charge >= 0.3 is 0 Å². The zero-order chi connectivity index (χ0) is 26.2. The maximum Gasteiger partial charge on any atom is 0.0184 e. The Hall–Kier alpha value is -5.24. The quantitative estimate of drug-likeness (QED) is 0.252. The number of hydrogen-bond donors (Lipinski definition) is 0. The standard InChI is InChI=1S/C32H16N8.Cu/c1-2-10-18-17(9-1)25-33-26(18)38-28-21-13-5-6-14-22(21)30(35-28)40-32-24-16-8-7-15-23(24)31(36-32)39-29-20-12-4-3-11-19(20)27(34-29)37-25;/h1-16H;/q-4;. The topological polar surface area (TPSA) is 106 Å². The second-order valence-electron chi connectivity index (χ2n) is 9.67. The molecule has 4 aromatic heterocycles. The smallest absolute Gasteiger partial charge is 0.0184 e. The Bertz CT molecular complexity index is 2220. The first-order chi connectivity index (χ1) is 19.8. The van der Waals surface area contributed by atoms with Gasteiger partial charge in [0.15, 0.2) is 0 Å². The van der Waals surface area contributed by atoms with E-state index in [0.29, 0.717) is 45.2 Å². The molecule has 8 aromatic rings. The zero-order valence-corrected chi connectivity index (χ0v) is 22.1. The fraction of sp³-hybridized carbons (Fsp3) is 0. The van der Waals surface area contributed by atoms with Crippen LogP contribution in [0.15, 0.2) is 117 Å². The van der Waals surface area contributed by atoms with Crippen LogP contribution in [0.2, 0.25) is 0 Å². The molecular formula is C32H16CuN8-4. The molecule has 0 N–H and O–H groups in total. The van der Waals surface area contributed by atoms with Crippen molar-refractivity contribution in [3.8, 4) is 0 Å². The first kappa shape index (κ1) is 23.6. The number of hydrogen-bond acceptors (Lipinski definition) is 4. The van der Waals surface area contributed by atoms with Crippen molar-refractivity contribution in [1.82, 2.24) is 19.9 Å². The van der Waals surface area contributed by atoms with E-state index >= 15 is 0 Å². The van der Waals surface area contributed by atoms with Crippen LogP contribution in [-0.2, 0) is 17.1 Å². The van der Waals surface area contributed by atoms with Crippen LogP contribution in [0.25, 0.3) is 43.1 Å². The second kappa shape index (κ2) is 8.89. The number of rotatable bonds is 0. The molecule has 0 atom stereocenters. The summed E-state index contributed by atoms with van der Waals surface area (Å²) in [6.07, 6.45) is 0. The van der Waals surface area contributed by atoms with Crippen LogP contribution in [0.5, 0.6) is 0 Å². The van der Waals surface area contributed by atoms with Crippen LogP contribution < -0.4 is 41.9 Å². The molecular weight excluding hydrogens is 560 g/mol. The average molecular weight is 576 g/mol. The Morgan fingerprint density at radius 3 is 0.756 bits per heavy atom. The van der Waals surface area contributed by atoms with Gasteiger partial charge in [-0.1, -0.05) is 97.1 Å². The van der Waals surface area contributed by atoms with Crippen molar-refractivity contribution in [2.45, 2.75) is 0 Å². The summed E-state index contributed by atoms with van der Waals surface area (Å²) in [7, 11) is 0. The van der Waals surface area contributed by atoms with Crippen molar-refractivity contribution in [2.24, 2.45) is 20.0 Å². The van der Waals surface area contributed by atoms with Crippen molar-refractivity contribution < 1.29 is 17.1 Å². The van der Waals surface area contributed by atoms with E-state index < -0.39 is 0 Å². The average Bonchev–Trinajstić information content (AvgIpc) is 3.73. The van der Waals surface area contributed by atoms with Crippen LogP contribution in [0.1, 0.15) is 0 Å². The van der Waals surface area contributed by atoms with E-state index in [2.05, 4.69) is 0 Å². The number of aromatic nitrogens is 4. The van der Waals surface area contributed by atoms with Crippen molar-refractivity contribution in [2.75, 3.05) is 0 Å². The number of fused-ring (bicyclic) bond motifs is 20. The Kier molecular flexibility index (Phi) is 5.12. The monoisotopic (exact) mass is 575 g/mol. The van der Waals surface area contributed by atoms with E-state index in [-0.39, 0.29) is 17.1 Å². The van der Waals surface area contributed by atoms with Crippen molar-refractivity contribution in [3.05, 3.63) is 119 Å². The summed E-state index contributed by atoms with van der Waals surface area (Å²) in [4.78, 5) is 39.3. The fourth-order valence-corrected chi connectivity index (χ4v) is 5.46. The Balaban J connectivity index is 0.00000256. The molecule has 8 nitrogen and oxygen atoms in total. The SMILES string of the molecule is [Cu].c1ccc2c3[n-]c(c2c1)/N=c1\[n-]/c(c2ccccc12)=N\c1[n-]c(c2ccccc12)/N=c1\[n-]/c(c2ccccc12)=N\3. The summed E-state index contributed by atoms with van der Waals surface area (Å²) >= 11 is 0. The van der Waals surface area contributed by atoms with E-state index in [1.54, 1.807) is 0 Å². The Labute approximate surface area is 241 Å². The number of benzene rings is 4. The first-order valence-corrected chi connectivity index (χ1v) is 12.9. The Morgan fingerprint density at radius 1 is 0.293 bits per heavy atom. The van der Waals surface area contributed by atoms with Gasteiger partial charge in [-0.05, 0) is 43.1 Å². The molecule has 0 saturated heterocycles. The minimum absolute atomic E-state index is 0. The van der Waals surface area contributed by atoms with E-state index in [0.717, 1.165) is 43.1 Å². The largest absolute Gasteiger partial charge is 0.357 e. The van der Waals surface area contributed by atoms with E-state index in [1.165, 1.54) is 0 Å². The molecule has 5 heterocycles. The molecule has 199 valence electrons. The van der Waals surface area contributed by atoms with Crippen LogP contribution in [0, 0.1) is 0 Å². The third-order valence-electron chi connectivity index (χ3n) is 7.33. The van der Waals surface area contributed by atoms with Gasteiger partial charge < -0.3 is 39.9 Å². The molecule has 1 aliphatic heterocycles. The molecule has 0 spiro atoms. The fourth-order valence-electron chi connectivity index (χ4n) is 5.46. The molecule has 0 fully saturated rings.